The molecule has 1 heterocycles. The normalized spacial score (nSPS) is 16.4. The molecule has 0 unspecified atom stereocenters. The third-order valence-electron chi connectivity index (χ3n) is 4.79. The predicted molar refractivity (Wildman–Crippen MR) is 107 cm³/mol. The van der Waals surface area contributed by atoms with Crippen LogP contribution in [0.25, 0.3) is 0 Å². The Labute approximate surface area is 160 Å². The number of carbonyl (C=O) groups excluding carboxylic acids is 2. The third kappa shape index (κ3) is 4.67. The lowest BCUT2D eigenvalue weighted by molar-refractivity contribution is -0.122. The smallest absolute Gasteiger partial charge is 0.229 e. The summed E-state index contributed by atoms with van der Waals surface area (Å²) in [6.07, 6.45) is 2.34. The maximum absolute atomic E-state index is 12.6. The van der Waals surface area contributed by atoms with Gasteiger partial charge in [-0.15, -0.1) is 0 Å². The number of anilines is 2. The van der Waals surface area contributed by atoms with E-state index in [1.165, 1.54) is 0 Å². The number of hydrogen-bond acceptors (Lipinski definition) is 3. The molecule has 5 nitrogen and oxygen atoms in total. The van der Waals surface area contributed by atoms with Gasteiger partial charge in [-0.1, -0.05) is 31.5 Å². The number of benzene rings is 2. The van der Waals surface area contributed by atoms with Gasteiger partial charge in [0.2, 0.25) is 11.8 Å². The second kappa shape index (κ2) is 8.71. The molecule has 1 fully saturated rings. The standard InChI is InChI=1S/C22H26N2O3/c1-3-4-13-27-19-11-9-18(10-12-19)23-22(26)17-14-21(25)24(15-17)20-8-6-5-7-16(20)2/h5-12,17H,3-4,13-15H2,1-2H3,(H,23,26)/t17-/m1/s1. The summed E-state index contributed by atoms with van der Waals surface area (Å²) in [5, 5.41) is 2.91. The molecule has 1 aliphatic heterocycles. The second-order valence-electron chi connectivity index (χ2n) is 6.91. The van der Waals surface area contributed by atoms with Crippen LogP contribution >= 0.6 is 0 Å². The van der Waals surface area contributed by atoms with Gasteiger partial charge < -0.3 is 15.0 Å². The van der Waals surface area contributed by atoms with Gasteiger partial charge in [-0.05, 0) is 49.2 Å². The molecule has 3 rings (SSSR count). The molecule has 0 saturated carbocycles. The first-order valence-corrected chi connectivity index (χ1v) is 9.48. The van der Waals surface area contributed by atoms with Crippen molar-refractivity contribution in [2.45, 2.75) is 33.1 Å². The Morgan fingerprint density at radius 3 is 2.63 bits per heavy atom. The number of hydrogen-bond donors (Lipinski definition) is 1. The van der Waals surface area contributed by atoms with Crippen molar-refractivity contribution in [1.29, 1.82) is 0 Å². The van der Waals surface area contributed by atoms with Crippen molar-refractivity contribution >= 4 is 23.2 Å². The van der Waals surface area contributed by atoms with Crippen LogP contribution in [0.4, 0.5) is 11.4 Å². The number of unbranched alkanes of at least 4 members (excludes halogenated alkanes) is 1. The monoisotopic (exact) mass is 366 g/mol. The molecule has 27 heavy (non-hydrogen) atoms. The van der Waals surface area contributed by atoms with E-state index in [2.05, 4.69) is 12.2 Å². The molecule has 1 saturated heterocycles. The Morgan fingerprint density at radius 2 is 1.93 bits per heavy atom. The van der Waals surface area contributed by atoms with Crippen LogP contribution in [-0.4, -0.2) is 25.0 Å². The summed E-state index contributed by atoms with van der Waals surface area (Å²) in [5.41, 5.74) is 2.63. The Morgan fingerprint density at radius 1 is 1.19 bits per heavy atom. The van der Waals surface area contributed by atoms with E-state index in [1.54, 1.807) is 4.90 Å². The second-order valence-corrected chi connectivity index (χ2v) is 6.91. The molecule has 0 bridgehead atoms. The van der Waals surface area contributed by atoms with Crippen molar-refractivity contribution in [2.75, 3.05) is 23.4 Å². The molecule has 2 aromatic carbocycles. The number of amides is 2. The Balaban J connectivity index is 1.59. The highest BCUT2D eigenvalue weighted by molar-refractivity contribution is 6.03. The van der Waals surface area contributed by atoms with E-state index >= 15 is 0 Å². The number of ether oxygens (including phenoxy) is 1. The first-order chi connectivity index (χ1) is 13.1. The zero-order chi connectivity index (χ0) is 19.2. The fourth-order valence-corrected chi connectivity index (χ4v) is 3.20. The van der Waals surface area contributed by atoms with Crippen molar-refractivity contribution in [2.24, 2.45) is 5.92 Å². The lowest BCUT2D eigenvalue weighted by atomic mass is 10.1. The van der Waals surface area contributed by atoms with E-state index < -0.39 is 0 Å². The van der Waals surface area contributed by atoms with Gasteiger partial charge in [0.05, 0.1) is 12.5 Å². The van der Waals surface area contributed by atoms with E-state index in [-0.39, 0.29) is 24.2 Å². The quantitative estimate of drug-likeness (QED) is 0.749. The summed E-state index contributed by atoms with van der Waals surface area (Å²) in [6, 6.07) is 15.1. The first kappa shape index (κ1) is 19.0. The summed E-state index contributed by atoms with van der Waals surface area (Å²) in [7, 11) is 0. The average molecular weight is 366 g/mol. The average Bonchev–Trinajstić information content (AvgIpc) is 3.05. The highest BCUT2D eigenvalue weighted by atomic mass is 16.5. The fraction of sp³-hybridized carbons (Fsp3) is 0.364. The number of rotatable bonds is 7. The van der Waals surface area contributed by atoms with Crippen LogP contribution in [0.15, 0.2) is 48.5 Å². The van der Waals surface area contributed by atoms with E-state index in [1.807, 2.05) is 55.5 Å². The molecule has 1 atom stereocenters. The molecule has 2 amide bonds. The van der Waals surface area contributed by atoms with Crippen molar-refractivity contribution in [3.05, 3.63) is 54.1 Å². The number of carbonyl (C=O) groups is 2. The van der Waals surface area contributed by atoms with E-state index in [9.17, 15) is 9.59 Å². The van der Waals surface area contributed by atoms with Gasteiger partial charge in [0.25, 0.3) is 0 Å². The van der Waals surface area contributed by atoms with Gasteiger partial charge in [0, 0.05) is 24.3 Å². The summed E-state index contributed by atoms with van der Waals surface area (Å²) in [5.74, 6) is 0.309. The Kier molecular flexibility index (Phi) is 6.12. The summed E-state index contributed by atoms with van der Waals surface area (Å²) < 4.78 is 5.63. The molecular weight excluding hydrogens is 340 g/mol. The van der Waals surface area contributed by atoms with Gasteiger partial charge >= 0.3 is 0 Å². The summed E-state index contributed by atoms with van der Waals surface area (Å²) in [4.78, 5) is 26.7. The molecular formula is C22H26N2O3. The van der Waals surface area contributed by atoms with Gasteiger partial charge in [0.15, 0.2) is 0 Å². The summed E-state index contributed by atoms with van der Waals surface area (Å²) >= 11 is 0. The molecule has 0 aliphatic carbocycles. The van der Waals surface area contributed by atoms with Gasteiger partial charge in [-0.3, -0.25) is 9.59 Å². The number of nitrogens with zero attached hydrogens (tertiary/aromatic N) is 1. The Hall–Kier alpha value is -2.82. The molecule has 5 heteroatoms. The van der Waals surface area contributed by atoms with Crippen LogP contribution in [0, 0.1) is 12.8 Å². The van der Waals surface area contributed by atoms with Crippen molar-refractivity contribution in [3.8, 4) is 5.75 Å². The van der Waals surface area contributed by atoms with Gasteiger partial charge in [0.1, 0.15) is 5.75 Å². The number of para-hydroxylation sites is 1. The minimum atomic E-state index is -0.349. The highest BCUT2D eigenvalue weighted by Gasteiger charge is 2.35. The molecule has 0 radical (unpaired) electrons. The Bertz CT molecular complexity index is 801. The molecule has 1 aliphatic rings. The molecule has 2 aromatic rings. The van der Waals surface area contributed by atoms with Crippen LogP contribution in [0.2, 0.25) is 0 Å². The topological polar surface area (TPSA) is 58.6 Å². The largest absolute Gasteiger partial charge is 0.494 e. The predicted octanol–water partition coefficient (Wildman–Crippen LogP) is 4.17. The fourth-order valence-electron chi connectivity index (χ4n) is 3.20. The van der Waals surface area contributed by atoms with Crippen molar-refractivity contribution in [3.63, 3.8) is 0 Å². The van der Waals surface area contributed by atoms with Crippen molar-refractivity contribution < 1.29 is 14.3 Å². The zero-order valence-corrected chi connectivity index (χ0v) is 15.9. The number of nitrogens with one attached hydrogen (secondary N) is 1. The number of aryl methyl sites for hydroxylation is 1. The maximum atomic E-state index is 12.6. The van der Waals surface area contributed by atoms with Gasteiger partial charge in [-0.2, -0.15) is 0 Å². The minimum Gasteiger partial charge on any atom is -0.494 e. The SMILES string of the molecule is CCCCOc1ccc(NC(=O)[C@@H]2CC(=O)N(c3ccccc3C)C2)cc1. The van der Waals surface area contributed by atoms with Crippen LogP contribution in [0.1, 0.15) is 31.7 Å². The van der Waals surface area contributed by atoms with E-state index in [0.717, 1.165) is 29.8 Å². The van der Waals surface area contributed by atoms with Crippen molar-refractivity contribution in [1.82, 2.24) is 0 Å². The molecule has 0 aromatic heterocycles. The summed E-state index contributed by atoms with van der Waals surface area (Å²) in [6.45, 7) is 5.20. The third-order valence-corrected chi connectivity index (χ3v) is 4.79. The minimum absolute atomic E-state index is 0.0101. The van der Waals surface area contributed by atoms with Gasteiger partial charge in [-0.25, -0.2) is 0 Å². The van der Waals surface area contributed by atoms with Crippen LogP contribution in [0.3, 0.4) is 0 Å². The van der Waals surface area contributed by atoms with E-state index in [0.29, 0.717) is 18.8 Å². The highest BCUT2D eigenvalue weighted by Crippen LogP contribution is 2.28. The van der Waals surface area contributed by atoms with Crippen LogP contribution < -0.4 is 15.0 Å². The lowest BCUT2D eigenvalue weighted by Crippen LogP contribution is -2.28. The zero-order valence-electron chi connectivity index (χ0n) is 15.9. The molecule has 1 N–H and O–H groups in total. The van der Waals surface area contributed by atoms with Crippen LogP contribution in [-0.2, 0) is 9.59 Å². The lowest BCUT2D eigenvalue weighted by Gasteiger charge is -2.19. The molecule has 142 valence electrons. The molecule has 0 spiro atoms. The van der Waals surface area contributed by atoms with Crippen LogP contribution in [0.5, 0.6) is 5.75 Å². The maximum Gasteiger partial charge on any atom is 0.229 e. The van der Waals surface area contributed by atoms with E-state index in [4.69, 9.17) is 4.74 Å². The first-order valence-electron chi connectivity index (χ1n) is 9.48.